The van der Waals surface area contributed by atoms with Gasteiger partial charge < -0.3 is 15.2 Å². The molecule has 1 aliphatic rings. The average Bonchev–Trinajstić information content (AvgIpc) is 2.99. The number of hydrogen-bond acceptors (Lipinski definition) is 6. The van der Waals surface area contributed by atoms with Gasteiger partial charge in [-0.3, -0.25) is 0 Å². The van der Waals surface area contributed by atoms with Gasteiger partial charge in [-0.1, -0.05) is 5.21 Å². The molecule has 1 aromatic rings. The summed E-state index contributed by atoms with van der Waals surface area (Å²) >= 11 is 0. The molecule has 0 bridgehead atoms. The standard InChI is InChI=1S/C11H18N4O3/c1-2-18-11(16)10-9(5-12)15(14-13-10)6-8-3-4-17-7-8/h8H,2-7,12H2,1H3. The van der Waals surface area contributed by atoms with Gasteiger partial charge in [-0.05, 0) is 13.3 Å². The number of esters is 1. The minimum absolute atomic E-state index is 0.217. The van der Waals surface area contributed by atoms with Crippen molar-refractivity contribution in [3.05, 3.63) is 11.4 Å². The maximum Gasteiger partial charge on any atom is 0.360 e. The third kappa shape index (κ3) is 2.68. The molecule has 7 heteroatoms. The Morgan fingerprint density at radius 2 is 2.50 bits per heavy atom. The highest BCUT2D eigenvalue weighted by atomic mass is 16.5. The van der Waals surface area contributed by atoms with Crippen LogP contribution in [0.5, 0.6) is 0 Å². The molecule has 7 nitrogen and oxygen atoms in total. The van der Waals surface area contributed by atoms with E-state index in [1.54, 1.807) is 11.6 Å². The Labute approximate surface area is 105 Å². The lowest BCUT2D eigenvalue weighted by molar-refractivity contribution is 0.0518. The summed E-state index contributed by atoms with van der Waals surface area (Å²) in [6.07, 6.45) is 0.999. The molecule has 2 heterocycles. The van der Waals surface area contributed by atoms with Gasteiger partial charge in [-0.25, -0.2) is 9.48 Å². The molecule has 0 amide bonds. The SMILES string of the molecule is CCOC(=O)c1nnn(CC2CCOC2)c1CN. The summed E-state index contributed by atoms with van der Waals surface area (Å²) in [5, 5.41) is 7.85. The second kappa shape index (κ2) is 5.92. The predicted molar refractivity (Wildman–Crippen MR) is 62.8 cm³/mol. The summed E-state index contributed by atoms with van der Waals surface area (Å²) in [5.74, 6) is -0.0566. The van der Waals surface area contributed by atoms with Crippen molar-refractivity contribution < 1.29 is 14.3 Å². The van der Waals surface area contributed by atoms with Crippen LogP contribution in [-0.2, 0) is 22.6 Å². The van der Waals surface area contributed by atoms with Crippen LogP contribution in [-0.4, -0.2) is 40.8 Å². The van der Waals surface area contributed by atoms with E-state index >= 15 is 0 Å². The van der Waals surface area contributed by atoms with Crippen molar-refractivity contribution in [3.63, 3.8) is 0 Å². The van der Waals surface area contributed by atoms with Gasteiger partial charge >= 0.3 is 5.97 Å². The predicted octanol–water partition coefficient (Wildman–Crippen LogP) is -0.0500. The highest BCUT2D eigenvalue weighted by Crippen LogP contribution is 2.16. The second-order valence-corrected chi connectivity index (χ2v) is 4.22. The Hall–Kier alpha value is -1.47. The van der Waals surface area contributed by atoms with Crippen LogP contribution >= 0.6 is 0 Å². The van der Waals surface area contributed by atoms with E-state index in [1.165, 1.54) is 0 Å². The molecule has 0 aliphatic carbocycles. The summed E-state index contributed by atoms with van der Waals surface area (Å²) in [7, 11) is 0. The monoisotopic (exact) mass is 254 g/mol. The van der Waals surface area contributed by atoms with E-state index in [2.05, 4.69) is 10.3 Å². The minimum atomic E-state index is -0.466. The number of ether oxygens (including phenoxy) is 2. The maximum absolute atomic E-state index is 11.7. The third-order valence-electron chi connectivity index (χ3n) is 2.95. The third-order valence-corrected chi connectivity index (χ3v) is 2.95. The summed E-state index contributed by atoms with van der Waals surface area (Å²) in [4.78, 5) is 11.7. The molecule has 18 heavy (non-hydrogen) atoms. The number of nitrogens with two attached hydrogens (primary N) is 1. The van der Waals surface area contributed by atoms with Crippen molar-refractivity contribution in [2.75, 3.05) is 19.8 Å². The lowest BCUT2D eigenvalue weighted by atomic mass is 10.1. The number of carbonyl (C=O) groups excluding carboxylic acids is 1. The Morgan fingerprint density at radius 1 is 1.67 bits per heavy atom. The van der Waals surface area contributed by atoms with Crippen LogP contribution < -0.4 is 5.73 Å². The first-order valence-electron chi connectivity index (χ1n) is 6.13. The zero-order chi connectivity index (χ0) is 13.0. The van der Waals surface area contributed by atoms with Gasteiger partial charge in [-0.15, -0.1) is 5.10 Å². The van der Waals surface area contributed by atoms with Crippen LogP contribution in [0.25, 0.3) is 0 Å². The fourth-order valence-electron chi connectivity index (χ4n) is 2.01. The van der Waals surface area contributed by atoms with Gasteiger partial charge in [-0.2, -0.15) is 0 Å². The van der Waals surface area contributed by atoms with Gasteiger partial charge in [0.15, 0.2) is 5.69 Å². The molecule has 0 radical (unpaired) electrons. The largest absolute Gasteiger partial charge is 0.461 e. The first-order valence-corrected chi connectivity index (χ1v) is 6.13. The summed E-state index contributed by atoms with van der Waals surface area (Å²) in [5.41, 5.74) is 6.51. The summed E-state index contributed by atoms with van der Waals surface area (Å²) in [6, 6.07) is 0. The molecule has 0 saturated carbocycles. The van der Waals surface area contributed by atoms with Gasteiger partial charge in [0.1, 0.15) is 0 Å². The van der Waals surface area contributed by atoms with Gasteiger partial charge in [0.25, 0.3) is 0 Å². The Bertz CT molecular complexity index is 412. The van der Waals surface area contributed by atoms with Gasteiger partial charge in [0.05, 0.1) is 18.9 Å². The number of carbonyl (C=O) groups is 1. The molecule has 1 atom stereocenters. The van der Waals surface area contributed by atoms with Crippen molar-refractivity contribution in [1.29, 1.82) is 0 Å². The van der Waals surface area contributed by atoms with E-state index in [0.29, 0.717) is 24.8 Å². The molecule has 1 saturated heterocycles. The van der Waals surface area contributed by atoms with Crippen LogP contribution in [0.3, 0.4) is 0 Å². The number of rotatable bonds is 5. The molecule has 1 aliphatic heterocycles. The Kier molecular flexibility index (Phi) is 4.27. The van der Waals surface area contributed by atoms with Crippen molar-refractivity contribution in [2.24, 2.45) is 11.7 Å². The normalized spacial score (nSPS) is 19.1. The smallest absolute Gasteiger partial charge is 0.360 e. The number of aromatic nitrogens is 3. The summed E-state index contributed by atoms with van der Waals surface area (Å²) < 4.78 is 11.9. The fourth-order valence-corrected chi connectivity index (χ4v) is 2.01. The average molecular weight is 254 g/mol. The molecular formula is C11H18N4O3. The molecule has 0 spiro atoms. The first-order chi connectivity index (χ1) is 8.76. The highest BCUT2D eigenvalue weighted by Gasteiger charge is 2.23. The molecular weight excluding hydrogens is 236 g/mol. The minimum Gasteiger partial charge on any atom is -0.461 e. The van der Waals surface area contributed by atoms with Crippen molar-refractivity contribution in [2.45, 2.75) is 26.4 Å². The number of hydrogen-bond donors (Lipinski definition) is 1. The van der Waals surface area contributed by atoms with Crippen molar-refractivity contribution in [3.8, 4) is 0 Å². The zero-order valence-electron chi connectivity index (χ0n) is 10.5. The van der Waals surface area contributed by atoms with Crippen molar-refractivity contribution in [1.82, 2.24) is 15.0 Å². The lowest BCUT2D eigenvalue weighted by Gasteiger charge is -2.09. The van der Waals surface area contributed by atoms with E-state index < -0.39 is 5.97 Å². The van der Waals surface area contributed by atoms with Gasteiger partial charge in [0.2, 0.25) is 0 Å². The maximum atomic E-state index is 11.7. The molecule has 1 unspecified atom stereocenters. The molecule has 1 aromatic heterocycles. The fraction of sp³-hybridized carbons (Fsp3) is 0.727. The van der Waals surface area contributed by atoms with Crippen LogP contribution in [0.4, 0.5) is 0 Å². The molecule has 1 fully saturated rings. The second-order valence-electron chi connectivity index (χ2n) is 4.22. The molecule has 100 valence electrons. The zero-order valence-corrected chi connectivity index (χ0v) is 10.5. The topological polar surface area (TPSA) is 92.3 Å². The summed E-state index contributed by atoms with van der Waals surface area (Å²) in [6.45, 7) is 4.46. The van der Waals surface area contributed by atoms with E-state index in [-0.39, 0.29) is 12.2 Å². The van der Waals surface area contributed by atoms with Crippen molar-refractivity contribution >= 4 is 5.97 Å². The lowest BCUT2D eigenvalue weighted by Crippen LogP contribution is -2.18. The highest BCUT2D eigenvalue weighted by molar-refractivity contribution is 5.88. The van der Waals surface area contributed by atoms with E-state index in [1.807, 2.05) is 0 Å². The quantitative estimate of drug-likeness (QED) is 0.741. The van der Waals surface area contributed by atoms with E-state index in [9.17, 15) is 4.79 Å². The van der Waals surface area contributed by atoms with Crippen LogP contribution in [0.15, 0.2) is 0 Å². The Morgan fingerprint density at radius 3 is 3.11 bits per heavy atom. The van der Waals surface area contributed by atoms with Crippen LogP contribution in [0, 0.1) is 5.92 Å². The Balaban J connectivity index is 2.13. The van der Waals surface area contributed by atoms with E-state index in [4.69, 9.17) is 15.2 Å². The van der Waals surface area contributed by atoms with Crippen LogP contribution in [0.2, 0.25) is 0 Å². The molecule has 0 aromatic carbocycles. The first kappa shape index (κ1) is 13.0. The van der Waals surface area contributed by atoms with E-state index in [0.717, 1.165) is 19.6 Å². The molecule has 2 rings (SSSR count). The molecule has 2 N–H and O–H groups in total. The van der Waals surface area contributed by atoms with Gasteiger partial charge in [0, 0.05) is 25.6 Å². The van der Waals surface area contributed by atoms with Crippen LogP contribution in [0.1, 0.15) is 29.5 Å². The number of nitrogens with zero attached hydrogens (tertiary/aromatic N) is 3.